The molecule has 0 spiro atoms. The van der Waals surface area contributed by atoms with Gasteiger partial charge >= 0.3 is 0 Å². The Morgan fingerprint density at radius 2 is 1.79 bits per heavy atom. The van der Waals surface area contributed by atoms with Crippen molar-refractivity contribution in [3.8, 4) is 0 Å². The highest BCUT2D eigenvalue weighted by Gasteiger charge is 2.27. The van der Waals surface area contributed by atoms with Crippen LogP contribution in [0.25, 0.3) is 10.9 Å². The van der Waals surface area contributed by atoms with Crippen LogP contribution in [0.1, 0.15) is 35.3 Å². The SMILES string of the molecule is Cc1ccc(CCn2c3c(c4ccccc42)C(C)N(C)CC3)cc1. The maximum absolute atomic E-state index is 2.58. The van der Waals surface area contributed by atoms with Crippen LogP contribution in [-0.4, -0.2) is 23.1 Å². The van der Waals surface area contributed by atoms with E-state index in [1.807, 2.05) is 0 Å². The van der Waals surface area contributed by atoms with Crippen LogP contribution >= 0.6 is 0 Å². The Labute approximate surface area is 144 Å². The zero-order chi connectivity index (χ0) is 16.7. The minimum atomic E-state index is 0.499. The lowest BCUT2D eigenvalue weighted by Gasteiger charge is -2.31. The van der Waals surface area contributed by atoms with Crippen molar-refractivity contribution in [3.63, 3.8) is 0 Å². The fourth-order valence-electron chi connectivity index (χ4n) is 4.07. The quantitative estimate of drug-likeness (QED) is 0.677. The number of nitrogens with zero attached hydrogens (tertiary/aromatic N) is 2. The summed E-state index contributed by atoms with van der Waals surface area (Å²) in [6.45, 7) is 6.70. The molecule has 1 atom stereocenters. The number of hydrogen-bond acceptors (Lipinski definition) is 1. The summed E-state index contributed by atoms with van der Waals surface area (Å²) in [6.07, 6.45) is 2.24. The van der Waals surface area contributed by atoms with Gasteiger partial charge in [0.2, 0.25) is 0 Å². The Morgan fingerprint density at radius 1 is 1.04 bits per heavy atom. The molecule has 1 aliphatic heterocycles. The lowest BCUT2D eigenvalue weighted by molar-refractivity contribution is 0.245. The topological polar surface area (TPSA) is 8.17 Å². The van der Waals surface area contributed by atoms with Gasteiger partial charge in [-0.15, -0.1) is 0 Å². The molecule has 2 nitrogen and oxygen atoms in total. The highest BCUT2D eigenvalue weighted by Crippen LogP contribution is 2.37. The summed E-state index contributed by atoms with van der Waals surface area (Å²) in [5.41, 5.74) is 7.25. The average molecular weight is 318 g/mol. The maximum Gasteiger partial charge on any atom is 0.0486 e. The van der Waals surface area contributed by atoms with Gasteiger partial charge in [-0.3, -0.25) is 4.90 Å². The highest BCUT2D eigenvalue weighted by atomic mass is 15.1. The van der Waals surface area contributed by atoms with Crippen LogP contribution in [0.4, 0.5) is 0 Å². The van der Waals surface area contributed by atoms with Crippen LogP contribution in [-0.2, 0) is 19.4 Å². The molecule has 2 aromatic carbocycles. The lowest BCUT2D eigenvalue weighted by atomic mass is 9.97. The first-order valence-corrected chi connectivity index (χ1v) is 9.01. The smallest absolute Gasteiger partial charge is 0.0486 e. The molecule has 3 aromatic rings. The summed E-state index contributed by atoms with van der Waals surface area (Å²) in [6, 6.07) is 18.4. The first-order chi connectivity index (χ1) is 11.6. The van der Waals surface area contributed by atoms with Crippen LogP contribution in [0, 0.1) is 6.92 Å². The normalized spacial score (nSPS) is 18.0. The Kier molecular flexibility index (Phi) is 3.93. The fourth-order valence-corrected chi connectivity index (χ4v) is 4.07. The van der Waals surface area contributed by atoms with Gasteiger partial charge in [-0.2, -0.15) is 0 Å². The van der Waals surface area contributed by atoms with E-state index in [1.165, 1.54) is 22.0 Å². The molecule has 124 valence electrons. The van der Waals surface area contributed by atoms with Crippen LogP contribution in [0.2, 0.25) is 0 Å². The predicted octanol–water partition coefficient (Wildman–Crippen LogP) is 4.74. The molecule has 0 saturated carbocycles. The predicted molar refractivity (Wildman–Crippen MR) is 102 cm³/mol. The second-order valence-electron chi connectivity index (χ2n) is 7.17. The van der Waals surface area contributed by atoms with Crippen LogP contribution in [0.3, 0.4) is 0 Å². The van der Waals surface area contributed by atoms with Crippen LogP contribution in [0.5, 0.6) is 0 Å². The molecule has 0 radical (unpaired) electrons. The molecule has 1 aromatic heterocycles. The summed E-state index contributed by atoms with van der Waals surface area (Å²) in [7, 11) is 2.24. The minimum absolute atomic E-state index is 0.499. The van der Waals surface area contributed by atoms with E-state index in [-0.39, 0.29) is 0 Å². The maximum atomic E-state index is 2.58. The van der Waals surface area contributed by atoms with Crippen molar-refractivity contribution in [1.82, 2.24) is 9.47 Å². The zero-order valence-corrected chi connectivity index (χ0v) is 14.9. The number of benzene rings is 2. The molecule has 0 bridgehead atoms. The van der Waals surface area contributed by atoms with E-state index in [0.717, 1.165) is 25.9 Å². The van der Waals surface area contributed by atoms with Crippen molar-refractivity contribution in [3.05, 3.63) is 70.9 Å². The van der Waals surface area contributed by atoms with Gasteiger partial charge in [-0.25, -0.2) is 0 Å². The van der Waals surface area contributed by atoms with Gasteiger partial charge in [-0.1, -0.05) is 48.0 Å². The third-order valence-electron chi connectivity index (χ3n) is 5.65. The third kappa shape index (κ3) is 2.55. The number of hydrogen-bond donors (Lipinski definition) is 0. The minimum Gasteiger partial charge on any atom is -0.344 e. The molecule has 4 rings (SSSR count). The van der Waals surface area contributed by atoms with Gasteiger partial charge < -0.3 is 4.57 Å². The average Bonchev–Trinajstić information content (AvgIpc) is 2.92. The summed E-state index contributed by atoms with van der Waals surface area (Å²) in [5, 5.41) is 1.44. The molecule has 24 heavy (non-hydrogen) atoms. The van der Waals surface area contributed by atoms with E-state index < -0.39 is 0 Å². The van der Waals surface area contributed by atoms with Crippen molar-refractivity contribution in [2.24, 2.45) is 0 Å². The van der Waals surface area contributed by atoms with E-state index in [4.69, 9.17) is 0 Å². The fraction of sp³-hybridized carbons (Fsp3) is 0.364. The van der Waals surface area contributed by atoms with Crippen molar-refractivity contribution < 1.29 is 0 Å². The second kappa shape index (κ2) is 6.10. The highest BCUT2D eigenvalue weighted by molar-refractivity contribution is 5.86. The molecular formula is C22H26N2. The molecule has 0 saturated heterocycles. The van der Waals surface area contributed by atoms with Gasteiger partial charge in [0.1, 0.15) is 0 Å². The first-order valence-electron chi connectivity index (χ1n) is 9.01. The van der Waals surface area contributed by atoms with Crippen molar-refractivity contribution in [2.45, 2.75) is 39.3 Å². The van der Waals surface area contributed by atoms with Gasteiger partial charge in [0.05, 0.1) is 0 Å². The monoisotopic (exact) mass is 318 g/mol. The molecule has 2 heteroatoms. The largest absolute Gasteiger partial charge is 0.344 e. The van der Waals surface area contributed by atoms with E-state index in [9.17, 15) is 0 Å². The first kappa shape index (κ1) is 15.5. The molecule has 1 unspecified atom stereocenters. The van der Waals surface area contributed by atoms with Gasteiger partial charge in [0.15, 0.2) is 0 Å². The van der Waals surface area contributed by atoms with E-state index in [1.54, 1.807) is 11.3 Å². The number of likely N-dealkylation sites (N-methyl/N-ethyl adjacent to an activating group) is 1. The Hall–Kier alpha value is -2.06. The Morgan fingerprint density at radius 3 is 2.58 bits per heavy atom. The number of aryl methyl sites for hydroxylation is 3. The summed E-state index contributed by atoms with van der Waals surface area (Å²) in [4.78, 5) is 2.47. The van der Waals surface area contributed by atoms with Gasteiger partial charge in [0, 0.05) is 42.1 Å². The van der Waals surface area contributed by atoms with Crippen molar-refractivity contribution >= 4 is 10.9 Å². The molecule has 0 aliphatic carbocycles. The van der Waals surface area contributed by atoms with Crippen LogP contribution < -0.4 is 0 Å². The Bertz CT molecular complexity index is 858. The van der Waals surface area contributed by atoms with E-state index in [0.29, 0.717) is 6.04 Å². The van der Waals surface area contributed by atoms with Gasteiger partial charge in [0.25, 0.3) is 0 Å². The number of fused-ring (bicyclic) bond motifs is 3. The molecule has 0 fully saturated rings. The van der Waals surface area contributed by atoms with Crippen molar-refractivity contribution in [2.75, 3.05) is 13.6 Å². The lowest BCUT2D eigenvalue weighted by Crippen LogP contribution is -2.31. The summed E-state index contributed by atoms with van der Waals surface area (Å²) < 4.78 is 2.58. The molecule has 0 amide bonds. The molecule has 2 heterocycles. The van der Waals surface area contributed by atoms with E-state index in [2.05, 4.69) is 78.9 Å². The third-order valence-corrected chi connectivity index (χ3v) is 5.65. The van der Waals surface area contributed by atoms with Crippen LogP contribution in [0.15, 0.2) is 48.5 Å². The van der Waals surface area contributed by atoms with Gasteiger partial charge in [-0.05, 0) is 44.5 Å². The second-order valence-corrected chi connectivity index (χ2v) is 7.17. The number of rotatable bonds is 3. The standard InChI is InChI=1S/C22H26N2/c1-16-8-10-18(11-9-16)12-15-24-20-7-5-4-6-19(20)22-17(2)23(3)14-13-21(22)24/h4-11,17H,12-15H2,1-3H3. The van der Waals surface area contributed by atoms with E-state index >= 15 is 0 Å². The summed E-state index contributed by atoms with van der Waals surface area (Å²) >= 11 is 0. The molecular weight excluding hydrogens is 292 g/mol. The molecule has 1 aliphatic rings. The summed E-state index contributed by atoms with van der Waals surface area (Å²) in [5.74, 6) is 0. The number of para-hydroxylation sites is 1. The van der Waals surface area contributed by atoms with Crippen molar-refractivity contribution in [1.29, 1.82) is 0 Å². The zero-order valence-electron chi connectivity index (χ0n) is 14.9. The Balaban J connectivity index is 1.74. The molecule has 0 N–H and O–H groups in total. The number of aromatic nitrogens is 1.